The number of ether oxygens (including phenoxy) is 1. The number of carbonyl (C=O) groups is 1. The van der Waals surface area contributed by atoms with Crippen molar-refractivity contribution in [2.75, 3.05) is 17.9 Å². The summed E-state index contributed by atoms with van der Waals surface area (Å²) in [4.78, 5) is 16.9. The molecule has 0 atom stereocenters. The summed E-state index contributed by atoms with van der Waals surface area (Å²) in [5.41, 5.74) is 1.75. The fourth-order valence-corrected chi connectivity index (χ4v) is 4.95. The maximum atomic E-state index is 12.7. The van der Waals surface area contributed by atoms with E-state index >= 15 is 0 Å². The van der Waals surface area contributed by atoms with Gasteiger partial charge in [0.2, 0.25) is 0 Å². The average Bonchev–Trinajstić information content (AvgIpc) is 3.20. The molecule has 0 aliphatic heterocycles. The van der Waals surface area contributed by atoms with Crippen molar-refractivity contribution in [3.63, 3.8) is 0 Å². The molecule has 1 heterocycles. The number of benzene rings is 2. The number of amides is 1. The van der Waals surface area contributed by atoms with Gasteiger partial charge in [-0.05, 0) is 75.6 Å². The highest BCUT2D eigenvalue weighted by molar-refractivity contribution is 7.92. The number of hydrogen-bond acceptors (Lipinski definition) is 6. The van der Waals surface area contributed by atoms with Gasteiger partial charge in [-0.15, -0.1) is 11.3 Å². The average molecular weight is 474 g/mol. The van der Waals surface area contributed by atoms with Gasteiger partial charge in [-0.25, -0.2) is 13.4 Å². The van der Waals surface area contributed by atoms with Crippen LogP contribution < -0.4 is 14.8 Å². The van der Waals surface area contributed by atoms with Crippen molar-refractivity contribution >= 4 is 33.0 Å². The molecule has 32 heavy (non-hydrogen) atoms. The van der Waals surface area contributed by atoms with Crippen LogP contribution in [-0.4, -0.2) is 32.5 Å². The molecule has 0 saturated heterocycles. The lowest BCUT2D eigenvalue weighted by atomic mass is 10.2. The first-order valence-electron chi connectivity index (χ1n) is 10.4. The minimum Gasteiger partial charge on any atom is -0.494 e. The predicted octanol–water partition coefficient (Wildman–Crippen LogP) is 4.40. The van der Waals surface area contributed by atoms with E-state index in [1.807, 2.05) is 19.2 Å². The number of nitrogens with zero attached hydrogens (tertiary/aromatic N) is 1. The van der Waals surface area contributed by atoms with E-state index in [2.05, 4.69) is 15.0 Å². The molecule has 0 bridgehead atoms. The summed E-state index contributed by atoms with van der Waals surface area (Å²) in [5.74, 6) is 0.365. The van der Waals surface area contributed by atoms with Gasteiger partial charge in [0.1, 0.15) is 5.75 Å². The molecule has 0 unspecified atom stereocenters. The van der Waals surface area contributed by atoms with E-state index in [0.717, 1.165) is 30.0 Å². The molecular weight excluding hydrogens is 446 g/mol. The number of nitrogens with one attached hydrogen (secondary N) is 2. The molecule has 3 rings (SSSR count). The monoisotopic (exact) mass is 473 g/mol. The summed E-state index contributed by atoms with van der Waals surface area (Å²) in [6.45, 7) is 4.90. The van der Waals surface area contributed by atoms with Crippen molar-refractivity contribution in [2.24, 2.45) is 0 Å². The van der Waals surface area contributed by atoms with Gasteiger partial charge in [-0.2, -0.15) is 0 Å². The first kappa shape index (κ1) is 23.7. The van der Waals surface area contributed by atoms with Gasteiger partial charge in [0.25, 0.3) is 15.9 Å². The largest absolute Gasteiger partial charge is 0.494 e. The molecule has 0 saturated carbocycles. The maximum Gasteiger partial charge on any atom is 0.261 e. The Kier molecular flexibility index (Phi) is 8.24. The topological polar surface area (TPSA) is 97.4 Å². The predicted molar refractivity (Wildman–Crippen MR) is 127 cm³/mol. The van der Waals surface area contributed by atoms with Crippen molar-refractivity contribution in [3.05, 3.63) is 70.2 Å². The number of carbonyl (C=O) groups excluding carboxylic acids is 1. The van der Waals surface area contributed by atoms with Crippen LogP contribution in [-0.2, 0) is 16.4 Å². The van der Waals surface area contributed by atoms with Gasteiger partial charge < -0.3 is 10.1 Å². The van der Waals surface area contributed by atoms with Crippen LogP contribution in [0.25, 0.3) is 0 Å². The van der Waals surface area contributed by atoms with Crippen LogP contribution in [0.2, 0.25) is 0 Å². The highest BCUT2D eigenvalue weighted by Crippen LogP contribution is 2.20. The SMILES string of the molecule is CCOc1ccc(NS(=O)(=O)c2cccc(C(=O)NCCCCc3nc(C)cs3)c2)cc1. The van der Waals surface area contributed by atoms with Gasteiger partial charge in [-0.3, -0.25) is 9.52 Å². The van der Waals surface area contributed by atoms with Crippen LogP contribution in [0.5, 0.6) is 5.75 Å². The van der Waals surface area contributed by atoms with Crippen LogP contribution in [0, 0.1) is 6.92 Å². The molecule has 9 heteroatoms. The molecule has 2 aromatic carbocycles. The normalized spacial score (nSPS) is 11.2. The van der Waals surface area contributed by atoms with E-state index in [0.29, 0.717) is 30.2 Å². The molecule has 7 nitrogen and oxygen atoms in total. The number of aromatic nitrogens is 1. The van der Waals surface area contributed by atoms with E-state index in [9.17, 15) is 13.2 Å². The summed E-state index contributed by atoms with van der Waals surface area (Å²) >= 11 is 1.65. The number of unbranched alkanes of at least 4 members (excludes halogenated alkanes) is 1. The standard InChI is InChI=1S/C23H27N3O4S2/c1-3-30-20-12-10-19(11-13-20)26-32(28,29)21-8-6-7-18(15-21)23(27)24-14-5-4-9-22-25-17(2)16-31-22/h6-8,10-13,15-16,26H,3-5,9,14H2,1-2H3,(H,24,27). The lowest BCUT2D eigenvalue weighted by Crippen LogP contribution is -2.25. The Labute approximate surface area is 192 Å². The Bertz CT molecular complexity index is 1140. The molecular formula is C23H27N3O4S2. The molecule has 0 fully saturated rings. The summed E-state index contributed by atoms with van der Waals surface area (Å²) in [6, 6.07) is 12.7. The van der Waals surface area contributed by atoms with Crippen molar-refractivity contribution in [2.45, 2.75) is 38.0 Å². The Morgan fingerprint density at radius 3 is 2.59 bits per heavy atom. The third kappa shape index (κ3) is 6.80. The van der Waals surface area contributed by atoms with Crippen LogP contribution in [0.15, 0.2) is 58.8 Å². The van der Waals surface area contributed by atoms with Gasteiger partial charge in [-0.1, -0.05) is 6.07 Å². The lowest BCUT2D eigenvalue weighted by molar-refractivity contribution is 0.0953. The molecule has 1 amide bonds. The quantitative estimate of drug-likeness (QED) is 0.402. The molecule has 2 N–H and O–H groups in total. The van der Waals surface area contributed by atoms with Crippen molar-refractivity contribution in [1.82, 2.24) is 10.3 Å². The molecule has 1 aromatic heterocycles. The van der Waals surface area contributed by atoms with Gasteiger partial charge >= 0.3 is 0 Å². The fourth-order valence-electron chi connectivity index (χ4n) is 3.03. The molecule has 170 valence electrons. The Balaban J connectivity index is 1.54. The summed E-state index contributed by atoms with van der Waals surface area (Å²) in [6.07, 6.45) is 2.63. The Morgan fingerprint density at radius 2 is 1.91 bits per heavy atom. The lowest BCUT2D eigenvalue weighted by Gasteiger charge is -2.11. The fraction of sp³-hybridized carbons (Fsp3) is 0.304. The number of hydrogen-bond donors (Lipinski definition) is 2. The molecule has 0 aliphatic carbocycles. The molecule has 0 spiro atoms. The first-order chi connectivity index (χ1) is 15.4. The number of thiazole rings is 1. The zero-order valence-electron chi connectivity index (χ0n) is 18.1. The van der Waals surface area contributed by atoms with Crippen LogP contribution in [0.1, 0.15) is 40.8 Å². The summed E-state index contributed by atoms with van der Waals surface area (Å²) in [7, 11) is -3.83. The van der Waals surface area contributed by atoms with Gasteiger partial charge in [0, 0.05) is 28.9 Å². The molecule has 3 aromatic rings. The second kappa shape index (κ2) is 11.1. The van der Waals surface area contributed by atoms with Gasteiger partial charge in [0.05, 0.1) is 16.5 Å². The first-order valence-corrected chi connectivity index (χ1v) is 12.8. The highest BCUT2D eigenvalue weighted by atomic mass is 32.2. The van der Waals surface area contributed by atoms with Crippen LogP contribution in [0.4, 0.5) is 5.69 Å². The second-order valence-corrected chi connectivity index (χ2v) is 9.81. The van der Waals surface area contributed by atoms with E-state index in [4.69, 9.17) is 4.74 Å². The Morgan fingerprint density at radius 1 is 1.12 bits per heavy atom. The van der Waals surface area contributed by atoms with E-state index in [1.165, 1.54) is 12.1 Å². The van der Waals surface area contributed by atoms with Gasteiger partial charge in [0.15, 0.2) is 0 Å². The smallest absolute Gasteiger partial charge is 0.261 e. The van der Waals surface area contributed by atoms with Crippen molar-refractivity contribution in [1.29, 1.82) is 0 Å². The molecule has 0 radical (unpaired) electrons. The third-order valence-electron chi connectivity index (χ3n) is 4.59. The Hall–Kier alpha value is -2.91. The maximum absolute atomic E-state index is 12.7. The summed E-state index contributed by atoms with van der Waals surface area (Å²) < 4.78 is 33.4. The van der Waals surface area contributed by atoms with Crippen LogP contribution in [0.3, 0.4) is 0 Å². The van der Waals surface area contributed by atoms with E-state index in [1.54, 1.807) is 47.7 Å². The van der Waals surface area contributed by atoms with Crippen LogP contribution >= 0.6 is 11.3 Å². The minimum absolute atomic E-state index is 0.0261. The number of anilines is 1. The third-order valence-corrected chi connectivity index (χ3v) is 7.00. The van der Waals surface area contributed by atoms with Crippen molar-refractivity contribution in [3.8, 4) is 5.75 Å². The van der Waals surface area contributed by atoms with E-state index in [-0.39, 0.29) is 10.8 Å². The zero-order valence-corrected chi connectivity index (χ0v) is 19.8. The molecule has 0 aliphatic rings. The number of sulfonamides is 1. The summed E-state index contributed by atoms with van der Waals surface area (Å²) in [5, 5.41) is 5.99. The zero-order chi connectivity index (χ0) is 23.0. The number of rotatable bonds is 11. The second-order valence-electron chi connectivity index (χ2n) is 7.19. The van der Waals surface area contributed by atoms with E-state index < -0.39 is 10.0 Å². The minimum atomic E-state index is -3.83. The highest BCUT2D eigenvalue weighted by Gasteiger charge is 2.16. The van der Waals surface area contributed by atoms with Crippen molar-refractivity contribution < 1.29 is 17.9 Å². The number of aryl methyl sites for hydroxylation is 2.